The standard InChI is InChI=1S/C24H30N2O3/c1-19(24(28)25-21-13-7-3-8-14-21)26(17-20-11-5-2-6-12-20)23(27)18-29-22-15-9-4-10-16-22/h2,4-6,9-12,15-16,19,21H,3,7-8,13-14,17-18H2,1H3,(H,25,28)/t19-/m1/s1. The number of hydrogen-bond donors (Lipinski definition) is 1. The van der Waals surface area contributed by atoms with Gasteiger partial charge in [0.1, 0.15) is 11.8 Å². The van der Waals surface area contributed by atoms with Crippen LogP contribution in [-0.2, 0) is 16.1 Å². The zero-order valence-corrected chi connectivity index (χ0v) is 17.0. The summed E-state index contributed by atoms with van der Waals surface area (Å²) < 4.78 is 5.64. The van der Waals surface area contributed by atoms with Gasteiger partial charge in [0.15, 0.2) is 6.61 Å². The predicted octanol–water partition coefficient (Wildman–Crippen LogP) is 3.93. The van der Waals surface area contributed by atoms with Crippen LogP contribution in [0.1, 0.15) is 44.6 Å². The summed E-state index contributed by atoms with van der Waals surface area (Å²) in [5.41, 5.74) is 0.984. The van der Waals surface area contributed by atoms with Gasteiger partial charge in [0, 0.05) is 12.6 Å². The third-order valence-corrected chi connectivity index (χ3v) is 5.42. The maximum Gasteiger partial charge on any atom is 0.261 e. The Morgan fingerprint density at radius 1 is 1.00 bits per heavy atom. The van der Waals surface area contributed by atoms with Crippen molar-refractivity contribution >= 4 is 11.8 Å². The predicted molar refractivity (Wildman–Crippen MR) is 113 cm³/mol. The summed E-state index contributed by atoms with van der Waals surface area (Å²) in [6.45, 7) is 2.07. The van der Waals surface area contributed by atoms with E-state index in [9.17, 15) is 9.59 Å². The van der Waals surface area contributed by atoms with Crippen LogP contribution in [0.2, 0.25) is 0 Å². The lowest BCUT2D eigenvalue weighted by molar-refractivity contribution is -0.142. The van der Waals surface area contributed by atoms with Gasteiger partial charge in [-0.2, -0.15) is 0 Å². The SMILES string of the molecule is C[C@H](C(=O)NC1CCCCC1)N(Cc1ccccc1)C(=O)COc1ccccc1. The van der Waals surface area contributed by atoms with Gasteiger partial charge in [0.05, 0.1) is 0 Å². The topological polar surface area (TPSA) is 58.6 Å². The van der Waals surface area contributed by atoms with Crippen LogP contribution in [0.15, 0.2) is 60.7 Å². The Morgan fingerprint density at radius 2 is 1.62 bits per heavy atom. The summed E-state index contributed by atoms with van der Waals surface area (Å²) in [6.07, 6.45) is 5.57. The van der Waals surface area contributed by atoms with Crippen molar-refractivity contribution in [2.45, 2.75) is 57.7 Å². The molecule has 29 heavy (non-hydrogen) atoms. The van der Waals surface area contributed by atoms with Gasteiger partial charge in [-0.1, -0.05) is 67.8 Å². The molecule has 0 aromatic heterocycles. The molecule has 5 heteroatoms. The number of rotatable bonds is 8. The van der Waals surface area contributed by atoms with Crippen LogP contribution < -0.4 is 10.1 Å². The van der Waals surface area contributed by atoms with Crippen molar-refractivity contribution in [2.24, 2.45) is 0 Å². The molecule has 154 valence electrons. The van der Waals surface area contributed by atoms with E-state index in [0.29, 0.717) is 12.3 Å². The minimum atomic E-state index is -0.566. The van der Waals surface area contributed by atoms with Gasteiger partial charge in [-0.3, -0.25) is 9.59 Å². The second-order valence-corrected chi connectivity index (χ2v) is 7.63. The van der Waals surface area contributed by atoms with Crippen molar-refractivity contribution in [2.75, 3.05) is 6.61 Å². The Bertz CT molecular complexity index is 773. The fraction of sp³-hybridized carbons (Fsp3) is 0.417. The molecule has 1 N–H and O–H groups in total. The molecule has 0 unspecified atom stereocenters. The number of hydrogen-bond acceptors (Lipinski definition) is 3. The van der Waals surface area contributed by atoms with Crippen molar-refractivity contribution in [3.05, 3.63) is 66.2 Å². The molecule has 1 saturated carbocycles. The van der Waals surface area contributed by atoms with Crippen molar-refractivity contribution in [1.82, 2.24) is 10.2 Å². The van der Waals surface area contributed by atoms with Gasteiger partial charge < -0.3 is 15.0 Å². The Balaban J connectivity index is 1.67. The fourth-order valence-electron chi connectivity index (χ4n) is 3.68. The second kappa shape index (κ2) is 10.6. The van der Waals surface area contributed by atoms with Gasteiger partial charge in [0.25, 0.3) is 5.91 Å². The molecule has 1 fully saturated rings. The van der Waals surface area contributed by atoms with Gasteiger partial charge in [-0.05, 0) is 37.5 Å². The maximum atomic E-state index is 13.0. The average molecular weight is 395 g/mol. The molecule has 1 aliphatic carbocycles. The number of carbonyl (C=O) groups excluding carboxylic acids is 2. The molecule has 2 aromatic carbocycles. The van der Waals surface area contributed by atoms with Crippen LogP contribution in [0.25, 0.3) is 0 Å². The van der Waals surface area contributed by atoms with Crippen molar-refractivity contribution in [1.29, 1.82) is 0 Å². The quantitative estimate of drug-likeness (QED) is 0.738. The molecule has 0 heterocycles. The summed E-state index contributed by atoms with van der Waals surface area (Å²) >= 11 is 0. The summed E-state index contributed by atoms with van der Waals surface area (Å²) in [5.74, 6) is 0.338. The number of nitrogens with zero attached hydrogens (tertiary/aromatic N) is 1. The summed E-state index contributed by atoms with van der Waals surface area (Å²) in [5, 5.41) is 3.14. The Labute approximate surface area is 173 Å². The first kappa shape index (κ1) is 20.9. The maximum absolute atomic E-state index is 13.0. The average Bonchev–Trinajstić information content (AvgIpc) is 2.77. The van der Waals surface area contributed by atoms with Crippen LogP contribution in [-0.4, -0.2) is 35.4 Å². The van der Waals surface area contributed by atoms with Crippen LogP contribution in [0.4, 0.5) is 0 Å². The third kappa shape index (κ3) is 6.34. The number of carbonyl (C=O) groups is 2. The molecule has 3 rings (SSSR count). The van der Waals surface area contributed by atoms with Crippen molar-refractivity contribution in [3.8, 4) is 5.75 Å². The van der Waals surface area contributed by atoms with Crippen LogP contribution in [0.5, 0.6) is 5.75 Å². The molecule has 2 aromatic rings. The summed E-state index contributed by atoms with van der Waals surface area (Å²) in [4.78, 5) is 27.5. The minimum Gasteiger partial charge on any atom is -0.484 e. The van der Waals surface area contributed by atoms with Gasteiger partial charge in [-0.15, -0.1) is 0 Å². The molecule has 5 nitrogen and oxygen atoms in total. The van der Waals surface area contributed by atoms with Gasteiger partial charge in [0.2, 0.25) is 5.91 Å². The number of benzene rings is 2. The number of ether oxygens (including phenoxy) is 1. The van der Waals surface area contributed by atoms with Gasteiger partial charge in [-0.25, -0.2) is 0 Å². The molecular weight excluding hydrogens is 364 g/mol. The third-order valence-electron chi connectivity index (χ3n) is 5.42. The monoisotopic (exact) mass is 394 g/mol. The second-order valence-electron chi connectivity index (χ2n) is 7.63. The molecule has 2 amide bonds. The Hall–Kier alpha value is -2.82. The molecular formula is C24H30N2O3. The van der Waals surface area contributed by atoms with E-state index in [1.165, 1.54) is 6.42 Å². The Morgan fingerprint density at radius 3 is 2.28 bits per heavy atom. The lowest BCUT2D eigenvalue weighted by atomic mass is 9.95. The highest BCUT2D eigenvalue weighted by molar-refractivity contribution is 5.88. The lowest BCUT2D eigenvalue weighted by Crippen LogP contribution is -2.51. The molecule has 0 radical (unpaired) electrons. The first-order valence-electron chi connectivity index (χ1n) is 10.4. The van der Waals surface area contributed by atoms with Crippen molar-refractivity contribution < 1.29 is 14.3 Å². The van der Waals surface area contributed by atoms with Crippen molar-refractivity contribution in [3.63, 3.8) is 0 Å². The summed E-state index contributed by atoms with van der Waals surface area (Å²) in [6, 6.07) is 18.6. The highest BCUT2D eigenvalue weighted by Gasteiger charge is 2.28. The van der Waals surface area contributed by atoms with E-state index < -0.39 is 6.04 Å². The van der Waals surface area contributed by atoms with E-state index in [-0.39, 0.29) is 24.5 Å². The van der Waals surface area contributed by atoms with E-state index in [2.05, 4.69) is 5.32 Å². The van der Waals surface area contributed by atoms with Crippen LogP contribution in [0.3, 0.4) is 0 Å². The van der Waals surface area contributed by atoms with Crippen LogP contribution >= 0.6 is 0 Å². The van der Waals surface area contributed by atoms with E-state index in [4.69, 9.17) is 4.74 Å². The van der Waals surface area contributed by atoms with Gasteiger partial charge >= 0.3 is 0 Å². The first-order valence-corrected chi connectivity index (χ1v) is 10.4. The highest BCUT2D eigenvalue weighted by Crippen LogP contribution is 2.18. The molecule has 0 spiro atoms. The van der Waals surface area contributed by atoms with E-state index >= 15 is 0 Å². The largest absolute Gasteiger partial charge is 0.484 e. The number of amides is 2. The first-order chi connectivity index (χ1) is 14.1. The lowest BCUT2D eigenvalue weighted by Gasteiger charge is -2.31. The van der Waals surface area contributed by atoms with E-state index in [0.717, 1.165) is 31.2 Å². The molecule has 0 bridgehead atoms. The zero-order valence-electron chi connectivity index (χ0n) is 17.0. The molecule has 0 saturated heterocycles. The highest BCUT2D eigenvalue weighted by atomic mass is 16.5. The molecule has 1 atom stereocenters. The normalized spacial score (nSPS) is 15.3. The van der Waals surface area contributed by atoms with E-state index in [1.54, 1.807) is 11.8 Å². The smallest absolute Gasteiger partial charge is 0.261 e. The molecule has 1 aliphatic rings. The minimum absolute atomic E-state index is 0.0964. The number of nitrogens with one attached hydrogen (secondary N) is 1. The van der Waals surface area contributed by atoms with E-state index in [1.807, 2.05) is 60.7 Å². The zero-order chi connectivity index (χ0) is 20.5. The Kier molecular flexibility index (Phi) is 7.68. The number of para-hydroxylation sites is 1. The molecule has 0 aliphatic heterocycles. The van der Waals surface area contributed by atoms with Crippen LogP contribution in [0, 0.1) is 0 Å². The summed E-state index contributed by atoms with van der Waals surface area (Å²) in [7, 11) is 0. The fourth-order valence-corrected chi connectivity index (χ4v) is 3.68.